The lowest BCUT2D eigenvalue weighted by molar-refractivity contribution is 0.104. The van der Waals surface area contributed by atoms with Gasteiger partial charge in [0.25, 0.3) is 0 Å². The molecule has 126 valence electrons. The molecule has 0 aliphatic heterocycles. The SMILES string of the molecule is COc1ccc(-c2cc(C=CC(=O)c3ccc(C)cc3)[nH]n2)c(F)c1. The number of aromatic amines is 1. The molecule has 1 N–H and O–H groups in total. The van der Waals surface area contributed by atoms with Gasteiger partial charge in [0.15, 0.2) is 5.78 Å². The first-order valence-corrected chi connectivity index (χ1v) is 7.75. The minimum Gasteiger partial charge on any atom is -0.497 e. The first kappa shape index (κ1) is 16.6. The van der Waals surface area contributed by atoms with Crippen LogP contribution < -0.4 is 4.74 Å². The second-order valence-corrected chi connectivity index (χ2v) is 5.62. The molecule has 0 amide bonds. The molecule has 0 aliphatic rings. The number of ether oxygens (including phenoxy) is 1. The zero-order valence-electron chi connectivity index (χ0n) is 13.9. The highest BCUT2D eigenvalue weighted by molar-refractivity contribution is 6.06. The van der Waals surface area contributed by atoms with Gasteiger partial charge >= 0.3 is 0 Å². The van der Waals surface area contributed by atoms with Crippen molar-refractivity contribution in [3.8, 4) is 17.0 Å². The summed E-state index contributed by atoms with van der Waals surface area (Å²) >= 11 is 0. The van der Waals surface area contributed by atoms with E-state index in [1.807, 2.05) is 19.1 Å². The van der Waals surface area contributed by atoms with E-state index >= 15 is 0 Å². The number of methoxy groups -OCH3 is 1. The van der Waals surface area contributed by atoms with Crippen molar-refractivity contribution in [3.05, 3.63) is 77.2 Å². The Kier molecular flexibility index (Phi) is 4.75. The molecule has 0 saturated heterocycles. The average molecular weight is 336 g/mol. The van der Waals surface area contributed by atoms with E-state index in [4.69, 9.17) is 4.74 Å². The van der Waals surface area contributed by atoms with Gasteiger partial charge in [-0.05, 0) is 37.3 Å². The number of ketones is 1. The van der Waals surface area contributed by atoms with Gasteiger partial charge in [-0.1, -0.05) is 29.8 Å². The van der Waals surface area contributed by atoms with E-state index in [1.54, 1.807) is 36.4 Å². The summed E-state index contributed by atoms with van der Waals surface area (Å²) in [5.74, 6) is -0.0792. The number of hydrogen-bond donors (Lipinski definition) is 1. The third-order valence-corrected chi connectivity index (χ3v) is 3.80. The fraction of sp³-hybridized carbons (Fsp3) is 0.100. The summed E-state index contributed by atoms with van der Waals surface area (Å²) in [6, 6.07) is 13.6. The lowest BCUT2D eigenvalue weighted by Gasteiger charge is -2.02. The highest BCUT2D eigenvalue weighted by atomic mass is 19.1. The number of nitrogens with one attached hydrogen (secondary N) is 1. The molecule has 25 heavy (non-hydrogen) atoms. The van der Waals surface area contributed by atoms with Crippen LogP contribution in [0.5, 0.6) is 5.75 Å². The Hall–Kier alpha value is -3.21. The Labute approximate surface area is 145 Å². The summed E-state index contributed by atoms with van der Waals surface area (Å²) in [7, 11) is 1.48. The molecular weight excluding hydrogens is 319 g/mol. The van der Waals surface area contributed by atoms with E-state index in [0.717, 1.165) is 5.56 Å². The van der Waals surface area contributed by atoms with E-state index in [2.05, 4.69) is 10.2 Å². The van der Waals surface area contributed by atoms with Crippen LogP contribution in [-0.2, 0) is 0 Å². The largest absolute Gasteiger partial charge is 0.497 e. The number of rotatable bonds is 5. The van der Waals surface area contributed by atoms with Gasteiger partial charge in [-0.2, -0.15) is 5.10 Å². The molecule has 4 nitrogen and oxygen atoms in total. The highest BCUT2D eigenvalue weighted by Gasteiger charge is 2.10. The standard InChI is InChI=1S/C20H17FN2O2/c1-13-3-5-14(6-4-13)20(24)10-7-15-11-19(23-22-15)17-9-8-16(25-2)12-18(17)21/h3-12H,1-2H3,(H,22,23). The predicted octanol–water partition coefficient (Wildman–Crippen LogP) is 4.43. The number of nitrogens with zero attached hydrogens (tertiary/aromatic N) is 1. The number of halogens is 1. The van der Waals surface area contributed by atoms with Gasteiger partial charge in [-0.3, -0.25) is 9.89 Å². The Bertz CT molecular complexity index is 927. The number of aryl methyl sites for hydroxylation is 1. The van der Waals surface area contributed by atoms with Crippen LogP contribution in [0.2, 0.25) is 0 Å². The zero-order valence-corrected chi connectivity index (χ0v) is 13.9. The van der Waals surface area contributed by atoms with Crippen LogP contribution in [0.3, 0.4) is 0 Å². The van der Waals surface area contributed by atoms with Crippen LogP contribution in [0.1, 0.15) is 21.6 Å². The molecule has 0 atom stereocenters. The number of hydrogen-bond acceptors (Lipinski definition) is 3. The lowest BCUT2D eigenvalue weighted by Crippen LogP contribution is -1.93. The van der Waals surface area contributed by atoms with Gasteiger partial charge in [0.2, 0.25) is 0 Å². The molecule has 0 radical (unpaired) electrons. The maximum Gasteiger partial charge on any atom is 0.185 e. The van der Waals surface area contributed by atoms with Gasteiger partial charge in [-0.15, -0.1) is 0 Å². The Balaban J connectivity index is 1.77. The smallest absolute Gasteiger partial charge is 0.185 e. The third-order valence-electron chi connectivity index (χ3n) is 3.80. The lowest BCUT2D eigenvalue weighted by atomic mass is 10.1. The van der Waals surface area contributed by atoms with Crippen molar-refractivity contribution < 1.29 is 13.9 Å². The van der Waals surface area contributed by atoms with Gasteiger partial charge in [0, 0.05) is 17.2 Å². The molecule has 1 aromatic heterocycles. The van der Waals surface area contributed by atoms with Crippen LogP contribution in [0.15, 0.2) is 54.6 Å². The van der Waals surface area contributed by atoms with E-state index in [9.17, 15) is 9.18 Å². The normalized spacial score (nSPS) is 11.0. The Morgan fingerprint density at radius 3 is 2.60 bits per heavy atom. The van der Waals surface area contributed by atoms with E-state index in [-0.39, 0.29) is 5.78 Å². The summed E-state index contributed by atoms with van der Waals surface area (Å²) in [6.45, 7) is 1.97. The Morgan fingerprint density at radius 1 is 1.16 bits per heavy atom. The highest BCUT2D eigenvalue weighted by Crippen LogP contribution is 2.25. The van der Waals surface area contributed by atoms with Crippen molar-refractivity contribution in [2.45, 2.75) is 6.92 Å². The molecule has 1 heterocycles. The second-order valence-electron chi connectivity index (χ2n) is 5.62. The topological polar surface area (TPSA) is 55.0 Å². The third kappa shape index (κ3) is 3.83. The summed E-state index contributed by atoms with van der Waals surface area (Å²) in [6.07, 6.45) is 3.09. The van der Waals surface area contributed by atoms with Crippen LogP contribution in [-0.4, -0.2) is 23.1 Å². The van der Waals surface area contributed by atoms with Crippen molar-refractivity contribution >= 4 is 11.9 Å². The summed E-state index contributed by atoms with van der Waals surface area (Å²) in [5.41, 5.74) is 3.15. The average Bonchev–Trinajstić information content (AvgIpc) is 3.08. The molecule has 0 spiro atoms. The number of carbonyl (C=O) groups is 1. The molecule has 0 saturated carbocycles. The summed E-state index contributed by atoms with van der Waals surface area (Å²) in [4.78, 5) is 12.1. The molecule has 2 aromatic carbocycles. The first-order chi connectivity index (χ1) is 12.1. The number of carbonyl (C=O) groups excluding carboxylic acids is 1. The van der Waals surface area contributed by atoms with Crippen molar-refractivity contribution in [1.82, 2.24) is 10.2 Å². The number of aromatic nitrogens is 2. The molecule has 0 fully saturated rings. The Morgan fingerprint density at radius 2 is 1.92 bits per heavy atom. The number of H-pyrrole nitrogens is 1. The van der Waals surface area contributed by atoms with Gasteiger partial charge in [0.05, 0.1) is 18.5 Å². The van der Waals surface area contributed by atoms with Gasteiger partial charge < -0.3 is 4.74 Å². The van der Waals surface area contributed by atoms with Crippen LogP contribution in [0.4, 0.5) is 4.39 Å². The van der Waals surface area contributed by atoms with Gasteiger partial charge in [-0.25, -0.2) is 4.39 Å². The quantitative estimate of drug-likeness (QED) is 0.554. The molecule has 0 bridgehead atoms. The monoisotopic (exact) mass is 336 g/mol. The number of benzene rings is 2. The molecular formula is C20H17FN2O2. The molecule has 3 aromatic rings. The molecule has 5 heteroatoms. The summed E-state index contributed by atoms with van der Waals surface area (Å²) < 4.78 is 19.1. The van der Waals surface area contributed by atoms with Crippen molar-refractivity contribution in [1.29, 1.82) is 0 Å². The predicted molar refractivity (Wildman–Crippen MR) is 95.1 cm³/mol. The van der Waals surface area contributed by atoms with Crippen LogP contribution in [0, 0.1) is 12.7 Å². The molecule has 0 aliphatic carbocycles. The first-order valence-electron chi connectivity index (χ1n) is 7.75. The summed E-state index contributed by atoms with van der Waals surface area (Å²) in [5, 5.41) is 6.89. The molecule has 0 unspecified atom stereocenters. The maximum atomic E-state index is 14.1. The minimum atomic E-state index is -0.419. The van der Waals surface area contributed by atoms with Crippen molar-refractivity contribution in [2.24, 2.45) is 0 Å². The van der Waals surface area contributed by atoms with E-state index in [0.29, 0.717) is 28.3 Å². The minimum absolute atomic E-state index is 0.105. The second kappa shape index (κ2) is 7.13. The van der Waals surface area contributed by atoms with E-state index in [1.165, 1.54) is 19.3 Å². The maximum absolute atomic E-state index is 14.1. The molecule has 3 rings (SSSR count). The fourth-order valence-electron chi connectivity index (χ4n) is 2.37. The van der Waals surface area contributed by atoms with Crippen LogP contribution >= 0.6 is 0 Å². The fourth-order valence-corrected chi connectivity index (χ4v) is 2.37. The number of allylic oxidation sites excluding steroid dienone is 1. The van der Waals surface area contributed by atoms with Crippen molar-refractivity contribution in [2.75, 3.05) is 7.11 Å². The van der Waals surface area contributed by atoms with Gasteiger partial charge in [0.1, 0.15) is 11.6 Å². The van der Waals surface area contributed by atoms with Crippen molar-refractivity contribution in [3.63, 3.8) is 0 Å². The van der Waals surface area contributed by atoms with Crippen LogP contribution in [0.25, 0.3) is 17.3 Å². The van der Waals surface area contributed by atoms with E-state index < -0.39 is 5.82 Å². The zero-order chi connectivity index (χ0) is 17.8.